The Bertz CT molecular complexity index is 815. The summed E-state index contributed by atoms with van der Waals surface area (Å²) in [7, 11) is 0. The molecule has 2 aromatic rings. The normalized spacial score (nSPS) is 22.6. The van der Waals surface area contributed by atoms with Crippen LogP contribution in [0.4, 0.5) is 0 Å². The molecule has 1 aromatic heterocycles. The summed E-state index contributed by atoms with van der Waals surface area (Å²) in [5.74, 6) is 0.233. The Labute approximate surface area is 178 Å². The molecule has 2 aliphatic carbocycles. The second-order valence-corrected chi connectivity index (χ2v) is 8.67. The molecule has 2 atom stereocenters. The molecule has 0 radical (unpaired) electrons. The van der Waals surface area contributed by atoms with Crippen LogP contribution in [-0.4, -0.2) is 56.3 Å². The number of tetrazole rings is 1. The lowest BCUT2D eigenvalue weighted by molar-refractivity contribution is -0.188. The maximum absolute atomic E-state index is 13.4. The average molecular weight is 412 g/mol. The Morgan fingerprint density at radius 2 is 1.97 bits per heavy atom. The SMILES string of the molecule is CCCN(C(=O)Cc1ccc(-n2cnnn2)cc1)[C@@H]1C[C@@H](OCC)C12CCCCC2. The predicted molar refractivity (Wildman–Crippen MR) is 114 cm³/mol. The van der Waals surface area contributed by atoms with Gasteiger partial charge in [0.1, 0.15) is 6.33 Å². The van der Waals surface area contributed by atoms with E-state index in [9.17, 15) is 4.79 Å². The standard InChI is InChI=1S/C23H33N5O2/c1-3-14-27(20-16-21(30-4-2)23(20)12-6-5-7-13-23)22(29)15-18-8-10-19(11-9-18)28-17-24-25-26-28/h8-11,17,20-21H,3-7,12-16H2,1-2H3/t20-,21-/m1/s1. The molecule has 0 saturated heterocycles. The van der Waals surface area contributed by atoms with Crippen LogP contribution in [0.1, 0.15) is 64.4 Å². The molecule has 2 fully saturated rings. The predicted octanol–water partition coefficient (Wildman–Crippen LogP) is 3.57. The molecule has 1 aromatic carbocycles. The Kier molecular flexibility index (Phi) is 6.46. The number of benzene rings is 1. The van der Waals surface area contributed by atoms with Crippen LogP contribution in [-0.2, 0) is 16.0 Å². The zero-order chi connectivity index (χ0) is 21.0. The molecule has 0 aliphatic heterocycles. The van der Waals surface area contributed by atoms with Gasteiger partial charge in [0.15, 0.2) is 0 Å². The number of carbonyl (C=O) groups is 1. The van der Waals surface area contributed by atoms with Gasteiger partial charge in [-0.05, 0) is 60.7 Å². The van der Waals surface area contributed by atoms with Gasteiger partial charge in [0, 0.05) is 24.6 Å². The minimum absolute atomic E-state index is 0.170. The van der Waals surface area contributed by atoms with Crippen LogP contribution in [0.2, 0.25) is 0 Å². The van der Waals surface area contributed by atoms with Crippen molar-refractivity contribution >= 4 is 5.91 Å². The Morgan fingerprint density at radius 1 is 1.20 bits per heavy atom. The quantitative estimate of drug-likeness (QED) is 0.664. The van der Waals surface area contributed by atoms with Gasteiger partial charge < -0.3 is 9.64 Å². The van der Waals surface area contributed by atoms with Gasteiger partial charge in [0.25, 0.3) is 0 Å². The summed E-state index contributed by atoms with van der Waals surface area (Å²) in [6.07, 6.45) is 10.5. The molecule has 2 saturated carbocycles. The van der Waals surface area contributed by atoms with E-state index in [4.69, 9.17) is 4.74 Å². The van der Waals surface area contributed by atoms with Crippen LogP contribution < -0.4 is 0 Å². The molecule has 0 N–H and O–H groups in total. The van der Waals surface area contributed by atoms with Gasteiger partial charge in [0.05, 0.1) is 18.2 Å². The van der Waals surface area contributed by atoms with Gasteiger partial charge >= 0.3 is 0 Å². The smallest absolute Gasteiger partial charge is 0.227 e. The maximum atomic E-state index is 13.4. The number of rotatable bonds is 8. The first kappa shape index (κ1) is 21.0. The summed E-state index contributed by atoms with van der Waals surface area (Å²) in [6.45, 7) is 5.83. The molecule has 0 bridgehead atoms. The summed E-state index contributed by atoms with van der Waals surface area (Å²) < 4.78 is 7.73. The highest BCUT2D eigenvalue weighted by atomic mass is 16.5. The Hall–Kier alpha value is -2.28. The van der Waals surface area contributed by atoms with E-state index in [2.05, 4.69) is 34.3 Å². The van der Waals surface area contributed by atoms with Gasteiger partial charge in [-0.25, -0.2) is 4.68 Å². The van der Waals surface area contributed by atoms with Crippen molar-refractivity contribution < 1.29 is 9.53 Å². The zero-order valence-corrected chi connectivity index (χ0v) is 18.2. The van der Waals surface area contributed by atoms with E-state index >= 15 is 0 Å². The summed E-state index contributed by atoms with van der Waals surface area (Å²) in [6, 6.07) is 8.24. The van der Waals surface area contributed by atoms with Gasteiger partial charge in [-0.2, -0.15) is 0 Å². The second kappa shape index (κ2) is 9.25. The van der Waals surface area contributed by atoms with E-state index in [1.54, 1.807) is 11.0 Å². The Balaban J connectivity index is 1.47. The lowest BCUT2D eigenvalue weighted by atomic mass is 9.54. The Morgan fingerprint density at radius 3 is 2.60 bits per heavy atom. The van der Waals surface area contributed by atoms with Crippen molar-refractivity contribution in [1.82, 2.24) is 25.1 Å². The molecule has 1 heterocycles. The highest BCUT2D eigenvalue weighted by Crippen LogP contribution is 2.55. The lowest BCUT2D eigenvalue weighted by Gasteiger charge is -2.60. The number of hydrogen-bond donors (Lipinski definition) is 0. The van der Waals surface area contributed by atoms with Crippen LogP contribution in [0.15, 0.2) is 30.6 Å². The molecule has 2 aliphatic rings. The molecule has 162 valence electrons. The van der Waals surface area contributed by atoms with Gasteiger partial charge in [-0.15, -0.1) is 5.10 Å². The van der Waals surface area contributed by atoms with E-state index in [1.165, 1.54) is 32.1 Å². The minimum atomic E-state index is 0.170. The lowest BCUT2D eigenvalue weighted by Crippen LogP contribution is -2.66. The molecular weight excluding hydrogens is 378 g/mol. The molecule has 7 nitrogen and oxygen atoms in total. The zero-order valence-electron chi connectivity index (χ0n) is 18.2. The minimum Gasteiger partial charge on any atom is -0.378 e. The number of carbonyl (C=O) groups excluding carboxylic acids is 1. The maximum Gasteiger partial charge on any atom is 0.227 e. The first-order valence-corrected chi connectivity index (χ1v) is 11.4. The summed E-state index contributed by atoms with van der Waals surface area (Å²) >= 11 is 0. The first-order valence-electron chi connectivity index (χ1n) is 11.4. The van der Waals surface area contributed by atoms with E-state index in [-0.39, 0.29) is 11.3 Å². The third-order valence-corrected chi connectivity index (χ3v) is 6.96. The number of hydrogen-bond acceptors (Lipinski definition) is 5. The van der Waals surface area contributed by atoms with Crippen molar-refractivity contribution in [2.45, 2.75) is 77.4 Å². The van der Waals surface area contributed by atoms with Crippen molar-refractivity contribution in [3.8, 4) is 5.69 Å². The van der Waals surface area contributed by atoms with E-state index in [0.29, 0.717) is 18.6 Å². The van der Waals surface area contributed by atoms with Crippen molar-refractivity contribution in [1.29, 1.82) is 0 Å². The number of ether oxygens (including phenoxy) is 1. The topological polar surface area (TPSA) is 73.1 Å². The van der Waals surface area contributed by atoms with E-state index < -0.39 is 0 Å². The van der Waals surface area contributed by atoms with Crippen LogP contribution in [0, 0.1) is 5.41 Å². The molecule has 1 spiro atoms. The summed E-state index contributed by atoms with van der Waals surface area (Å²) in [5.41, 5.74) is 2.08. The van der Waals surface area contributed by atoms with Crippen LogP contribution in [0.3, 0.4) is 0 Å². The van der Waals surface area contributed by atoms with Crippen LogP contribution in [0.25, 0.3) is 5.69 Å². The highest BCUT2D eigenvalue weighted by Gasteiger charge is 2.58. The van der Waals surface area contributed by atoms with Gasteiger partial charge in [0.2, 0.25) is 5.91 Å². The fraction of sp³-hybridized carbons (Fsp3) is 0.652. The van der Waals surface area contributed by atoms with Crippen molar-refractivity contribution in [2.75, 3.05) is 13.2 Å². The molecule has 1 amide bonds. The van der Waals surface area contributed by atoms with E-state index in [1.807, 2.05) is 24.3 Å². The van der Waals surface area contributed by atoms with Crippen molar-refractivity contribution in [3.63, 3.8) is 0 Å². The number of nitrogens with zero attached hydrogens (tertiary/aromatic N) is 5. The molecule has 30 heavy (non-hydrogen) atoms. The average Bonchev–Trinajstić information content (AvgIpc) is 3.31. The third kappa shape index (κ3) is 4.00. The largest absolute Gasteiger partial charge is 0.378 e. The van der Waals surface area contributed by atoms with Crippen molar-refractivity contribution in [3.05, 3.63) is 36.2 Å². The molecule has 0 unspecified atom stereocenters. The highest BCUT2D eigenvalue weighted by molar-refractivity contribution is 5.79. The monoisotopic (exact) mass is 411 g/mol. The molecular formula is C23H33N5O2. The fourth-order valence-corrected chi connectivity index (χ4v) is 5.48. The molecule has 7 heteroatoms. The van der Waals surface area contributed by atoms with Gasteiger partial charge in [-0.3, -0.25) is 4.79 Å². The first-order chi connectivity index (χ1) is 14.7. The molecule has 4 rings (SSSR count). The number of amides is 1. The van der Waals surface area contributed by atoms with Gasteiger partial charge in [-0.1, -0.05) is 38.3 Å². The fourth-order valence-electron chi connectivity index (χ4n) is 5.48. The van der Waals surface area contributed by atoms with Crippen LogP contribution in [0.5, 0.6) is 0 Å². The van der Waals surface area contributed by atoms with Crippen LogP contribution >= 0.6 is 0 Å². The third-order valence-electron chi connectivity index (χ3n) is 6.96. The summed E-state index contributed by atoms with van der Waals surface area (Å²) in [4.78, 5) is 15.6. The summed E-state index contributed by atoms with van der Waals surface area (Å²) in [5, 5.41) is 11.3. The van der Waals surface area contributed by atoms with Crippen molar-refractivity contribution in [2.24, 2.45) is 5.41 Å². The number of aromatic nitrogens is 4. The van der Waals surface area contributed by atoms with E-state index in [0.717, 1.165) is 37.2 Å². The second-order valence-electron chi connectivity index (χ2n) is 8.67.